The molecular formula is C29H30N6O3S2. The van der Waals surface area contributed by atoms with Gasteiger partial charge < -0.3 is 9.47 Å². The second kappa shape index (κ2) is 11.7. The van der Waals surface area contributed by atoms with E-state index in [1.165, 1.54) is 11.3 Å². The Morgan fingerprint density at radius 2 is 1.75 bits per heavy atom. The van der Waals surface area contributed by atoms with Crippen LogP contribution in [0.15, 0.2) is 66.0 Å². The standard InChI is InChI=1S/C29H30N6O3S2/c1-5-9-24-31-25-19(2)30-29(33(3)4)32-26(25)34(24)18-20-12-14-21(15-13-20)23-16-17-39-28(23)35(40(37)38)27(36)22-10-7-6-8-11-22/h6-8,10-17H,5,9,18H2,1-4H3,(H,37,38). The molecule has 0 aliphatic heterocycles. The van der Waals surface area contributed by atoms with Gasteiger partial charge in [0.2, 0.25) is 5.95 Å². The van der Waals surface area contributed by atoms with Gasteiger partial charge in [0.1, 0.15) is 16.3 Å². The molecule has 5 rings (SSSR count). The zero-order valence-corrected chi connectivity index (χ0v) is 24.4. The highest BCUT2D eigenvalue weighted by Crippen LogP contribution is 2.38. The quantitative estimate of drug-likeness (QED) is 0.225. The Morgan fingerprint density at radius 1 is 1.02 bits per heavy atom. The van der Waals surface area contributed by atoms with E-state index in [2.05, 4.69) is 16.5 Å². The Kier molecular flexibility index (Phi) is 8.06. The summed E-state index contributed by atoms with van der Waals surface area (Å²) in [5.41, 5.74) is 5.42. The van der Waals surface area contributed by atoms with E-state index < -0.39 is 17.2 Å². The largest absolute Gasteiger partial charge is 0.347 e. The van der Waals surface area contributed by atoms with Gasteiger partial charge in [0.25, 0.3) is 17.2 Å². The fraction of sp³-hybridized carbons (Fsp3) is 0.241. The van der Waals surface area contributed by atoms with Crippen LogP contribution in [0.25, 0.3) is 22.3 Å². The third-order valence-corrected chi connectivity index (χ3v) is 8.18. The second-order valence-corrected chi connectivity index (χ2v) is 11.3. The summed E-state index contributed by atoms with van der Waals surface area (Å²) < 4.78 is 25.5. The van der Waals surface area contributed by atoms with Gasteiger partial charge in [-0.3, -0.25) is 9.35 Å². The van der Waals surface area contributed by atoms with Crippen molar-refractivity contribution in [1.29, 1.82) is 0 Å². The first-order valence-corrected chi connectivity index (χ1v) is 14.8. The molecule has 3 heterocycles. The number of carbonyl (C=O) groups is 1. The molecule has 40 heavy (non-hydrogen) atoms. The van der Waals surface area contributed by atoms with Gasteiger partial charge in [-0.25, -0.2) is 14.2 Å². The van der Waals surface area contributed by atoms with Gasteiger partial charge in [0.15, 0.2) is 5.65 Å². The molecule has 2 aromatic carbocycles. The topological polar surface area (TPSA) is 104 Å². The third kappa shape index (κ3) is 5.40. The van der Waals surface area contributed by atoms with Crippen LogP contribution in [0.1, 0.15) is 40.8 Å². The summed E-state index contributed by atoms with van der Waals surface area (Å²) in [6.45, 7) is 4.68. The normalized spacial score (nSPS) is 12.0. The molecule has 0 bridgehead atoms. The Hall–Kier alpha value is -3.93. The molecule has 206 valence electrons. The molecule has 0 saturated heterocycles. The molecule has 1 unspecified atom stereocenters. The van der Waals surface area contributed by atoms with Crippen LogP contribution in [0.5, 0.6) is 0 Å². The van der Waals surface area contributed by atoms with Gasteiger partial charge in [-0.05, 0) is 48.1 Å². The van der Waals surface area contributed by atoms with E-state index in [4.69, 9.17) is 9.97 Å². The Labute approximate surface area is 239 Å². The predicted molar refractivity (Wildman–Crippen MR) is 161 cm³/mol. The van der Waals surface area contributed by atoms with Crippen LogP contribution in [-0.4, -0.2) is 48.3 Å². The molecule has 1 atom stereocenters. The van der Waals surface area contributed by atoms with Gasteiger partial charge in [0.05, 0.1) is 12.2 Å². The minimum Gasteiger partial charge on any atom is -0.347 e. The van der Waals surface area contributed by atoms with Crippen molar-refractivity contribution in [3.63, 3.8) is 0 Å². The number of benzene rings is 2. The number of rotatable bonds is 9. The number of hydrogen-bond donors (Lipinski definition) is 1. The van der Waals surface area contributed by atoms with Crippen molar-refractivity contribution in [2.75, 3.05) is 23.3 Å². The van der Waals surface area contributed by atoms with Crippen LogP contribution >= 0.6 is 11.3 Å². The third-order valence-electron chi connectivity index (χ3n) is 6.51. The van der Waals surface area contributed by atoms with Crippen LogP contribution in [0.4, 0.5) is 10.9 Å². The highest BCUT2D eigenvalue weighted by molar-refractivity contribution is 7.82. The minimum absolute atomic E-state index is 0.339. The number of nitrogens with zero attached hydrogens (tertiary/aromatic N) is 6. The molecule has 0 fully saturated rings. The lowest BCUT2D eigenvalue weighted by atomic mass is 10.1. The molecule has 5 aromatic rings. The van der Waals surface area contributed by atoms with E-state index in [9.17, 15) is 13.6 Å². The lowest BCUT2D eigenvalue weighted by Crippen LogP contribution is -2.32. The van der Waals surface area contributed by atoms with Crippen LogP contribution < -0.4 is 9.21 Å². The van der Waals surface area contributed by atoms with Crippen molar-refractivity contribution in [2.45, 2.75) is 33.2 Å². The number of carbonyl (C=O) groups excluding carboxylic acids is 1. The van der Waals surface area contributed by atoms with Crippen LogP contribution in [0.3, 0.4) is 0 Å². The van der Waals surface area contributed by atoms with Gasteiger partial charge in [-0.2, -0.15) is 9.29 Å². The maximum Gasteiger partial charge on any atom is 0.272 e. The van der Waals surface area contributed by atoms with Crippen molar-refractivity contribution in [2.24, 2.45) is 0 Å². The number of hydrogen-bond acceptors (Lipinski definition) is 7. The number of aryl methyl sites for hydroxylation is 2. The summed E-state index contributed by atoms with van der Waals surface area (Å²) in [5.74, 6) is 1.08. The second-order valence-electron chi connectivity index (χ2n) is 9.57. The molecule has 0 radical (unpaired) electrons. The Balaban J connectivity index is 1.48. The van der Waals surface area contributed by atoms with Crippen molar-refractivity contribution >= 4 is 50.6 Å². The van der Waals surface area contributed by atoms with Crippen LogP contribution in [0.2, 0.25) is 0 Å². The first-order chi connectivity index (χ1) is 19.3. The highest BCUT2D eigenvalue weighted by Gasteiger charge is 2.27. The van der Waals surface area contributed by atoms with Crippen molar-refractivity contribution in [3.8, 4) is 11.1 Å². The summed E-state index contributed by atoms with van der Waals surface area (Å²) >= 11 is -1.28. The van der Waals surface area contributed by atoms with E-state index in [1.54, 1.807) is 30.3 Å². The zero-order chi connectivity index (χ0) is 28.4. The van der Waals surface area contributed by atoms with Crippen molar-refractivity contribution < 1.29 is 13.6 Å². The molecule has 0 saturated carbocycles. The van der Waals surface area contributed by atoms with Gasteiger partial charge in [-0.1, -0.05) is 49.4 Å². The average Bonchev–Trinajstić information content (AvgIpc) is 3.55. The van der Waals surface area contributed by atoms with Crippen molar-refractivity contribution in [1.82, 2.24) is 19.5 Å². The minimum atomic E-state index is -2.53. The molecule has 0 aliphatic carbocycles. The number of aromatic nitrogens is 4. The number of imidazole rings is 1. The predicted octanol–water partition coefficient (Wildman–Crippen LogP) is 5.71. The van der Waals surface area contributed by atoms with Gasteiger partial charge in [-0.15, -0.1) is 11.3 Å². The average molecular weight is 575 g/mol. The first-order valence-electron chi connectivity index (χ1n) is 12.9. The number of thiophene rings is 1. The molecular weight excluding hydrogens is 544 g/mol. The summed E-state index contributed by atoms with van der Waals surface area (Å²) in [7, 11) is 3.85. The summed E-state index contributed by atoms with van der Waals surface area (Å²) in [6.07, 6.45) is 1.79. The fourth-order valence-electron chi connectivity index (χ4n) is 4.53. The fourth-order valence-corrected chi connectivity index (χ4v) is 6.16. The number of fused-ring (bicyclic) bond motifs is 1. The van der Waals surface area contributed by atoms with Crippen LogP contribution in [0, 0.1) is 6.92 Å². The summed E-state index contributed by atoms with van der Waals surface area (Å²) in [4.78, 5) is 29.3. The lowest BCUT2D eigenvalue weighted by Gasteiger charge is -2.18. The Bertz CT molecular complexity index is 1680. The molecule has 1 amide bonds. The number of amides is 1. The molecule has 0 aliphatic rings. The van der Waals surface area contributed by atoms with E-state index in [0.717, 1.165) is 51.0 Å². The van der Waals surface area contributed by atoms with Crippen LogP contribution in [-0.2, 0) is 24.2 Å². The van der Waals surface area contributed by atoms with E-state index in [1.807, 2.05) is 61.6 Å². The summed E-state index contributed by atoms with van der Waals surface area (Å²) in [5, 5.41) is 2.23. The molecule has 1 N–H and O–H groups in total. The van der Waals surface area contributed by atoms with E-state index >= 15 is 0 Å². The molecule has 9 nitrogen and oxygen atoms in total. The van der Waals surface area contributed by atoms with Gasteiger partial charge >= 0.3 is 0 Å². The SMILES string of the molecule is CCCc1nc2c(C)nc(N(C)C)nc2n1Cc1ccc(-c2ccsc2N(C(=O)c2ccccc2)S(=O)O)cc1. The molecule has 0 spiro atoms. The van der Waals surface area contributed by atoms with E-state index in [0.29, 0.717) is 28.6 Å². The summed E-state index contributed by atoms with van der Waals surface area (Å²) in [6, 6.07) is 18.4. The van der Waals surface area contributed by atoms with Crippen molar-refractivity contribution in [3.05, 3.63) is 88.7 Å². The Morgan fingerprint density at radius 3 is 2.40 bits per heavy atom. The smallest absolute Gasteiger partial charge is 0.272 e. The maximum atomic E-state index is 13.1. The number of anilines is 2. The van der Waals surface area contributed by atoms with Gasteiger partial charge in [0, 0.05) is 31.6 Å². The van der Waals surface area contributed by atoms with E-state index in [-0.39, 0.29) is 0 Å². The first kappa shape index (κ1) is 27.6. The lowest BCUT2D eigenvalue weighted by molar-refractivity contribution is 0.101. The molecule has 3 aromatic heterocycles. The highest BCUT2D eigenvalue weighted by atomic mass is 32.2. The monoisotopic (exact) mass is 574 g/mol. The maximum absolute atomic E-state index is 13.1. The molecule has 11 heteroatoms. The zero-order valence-electron chi connectivity index (χ0n) is 22.7.